The number of anilines is 1. The van der Waals surface area contributed by atoms with E-state index in [1.165, 1.54) is 0 Å². The third-order valence-electron chi connectivity index (χ3n) is 4.62. The molecule has 1 aromatic carbocycles. The summed E-state index contributed by atoms with van der Waals surface area (Å²) in [5, 5.41) is 3.51. The molecule has 1 aromatic rings. The number of ether oxygens (including phenoxy) is 1. The van der Waals surface area contributed by atoms with Gasteiger partial charge in [-0.3, -0.25) is 0 Å². The Balaban J connectivity index is 1.94. The fourth-order valence-corrected chi connectivity index (χ4v) is 5.25. The Hall–Kier alpha value is -1.98. The Morgan fingerprint density at radius 3 is 2.71 bits per heavy atom. The lowest BCUT2D eigenvalue weighted by atomic mass is 9.76. The van der Waals surface area contributed by atoms with Crippen molar-refractivity contribution >= 4 is 14.0 Å². The highest BCUT2D eigenvalue weighted by Gasteiger charge is 2.74. The number of nitrogens with one attached hydrogen (secondary N) is 1. The Morgan fingerprint density at radius 2 is 1.92 bits per heavy atom. The Morgan fingerprint density at radius 1 is 1.17 bits per heavy atom. The third kappa shape index (κ3) is 2.23. The van der Waals surface area contributed by atoms with E-state index in [1.54, 1.807) is 12.2 Å². The van der Waals surface area contributed by atoms with Gasteiger partial charge in [0, 0.05) is 11.3 Å². The SMILES string of the molecule is C[C@@]1(O[Si](C)(C)C)C#C/C=C\C#C[C@@H]2Nc3ccccc3[C@]13O[C@@H]23. The van der Waals surface area contributed by atoms with Gasteiger partial charge >= 0.3 is 0 Å². The van der Waals surface area contributed by atoms with E-state index in [-0.39, 0.29) is 12.1 Å². The monoisotopic (exact) mass is 335 g/mol. The van der Waals surface area contributed by atoms with Crippen molar-refractivity contribution < 1.29 is 9.16 Å². The number of hydrogen-bond donors (Lipinski definition) is 1. The summed E-state index contributed by atoms with van der Waals surface area (Å²) < 4.78 is 13.0. The van der Waals surface area contributed by atoms with Gasteiger partial charge in [0.1, 0.15) is 12.1 Å². The van der Waals surface area contributed by atoms with E-state index in [4.69, 9.17) is 9.16 Å². The first kappa shape index (κ1) is 15.5. The summed E-state index contributed by atoms with van der Waals surface area (Å²) in [6.07, 6.45) is 3.53. The lowest BCUT2D eigenvalue weighted by Gasteiger charge is -2.40. The molecule has 4 heteroatoms. The van der Waals surface area contributed by atoms with Crippen molar-refractivity contribution in [2.24, 2.45) is 0 Å². The van der Waals surface area contributed by atoms with E-state index in [0.29, 0.717) is 0 Å². The predicted molar refractivity (Wildman–Crippen MR) is 97.9 cm³/mol. The van der Waals surface area contributed by atoms with E-state index in [1.807, 2.05) is 12.1 Å². The van der Waals surface area contributed by atoms with Crippen LogP contribution in [0.4, 0.5) is 5.69 Å². The van der Waals surface area contributed by atoms with Gasteiger partial charge in [-0.2, -0.15) is 0 Å². The van der Waals surface area contributed by atoms with E-state index in [9.17, 15) is 0 Å². The Kier molecular flexibility index (Phi) is 3.24. The number of allylic oxidation sites excluding steroid dienone is 2. The summed E-state index contributed by atoms with van der Waals surface area (Å²) in [6.45, 7) is 8.63. The summed E-state index contributed by atoms with van der Waals surface area (Å²) >= 11 is 0. The van der Waals surface area contributed by atoms with Gasteiger partial charge in [-0.25, -0.2) is 0 Å². The number of hydrogen-bond acceptors (Lipinski definition) is 3. The summed E-state index contributed by atoms with van der Waals surface area (Å²) in [6, 6.07) is 8.20. The second-order valence-electron chi connectivity index (χ2n) is 7.58. The highest BCUT2D eigenvalue weighted by molar-refractivity contribution is 6.69. The van der Waals surface area contributed by atoms with E-state index in [2.05, 4.69) is 67.7 Å². The Labute approximate surface area is 144 Å². The zero-order valence-electron chi connectivity index (χ0n) is 14.4. The van der Waals surface area contributed by atoms with Crippen LogP contribution in [0.15, 0.2) is 36.4 Å². The van der Waals surface area contributed by atoms with Crippen LogP contribution in [-0.4, -0.2) is 26.1 Å². The maximum absolute atomic E-state index is 6.62. The minimum Gasteiger partial charge on any atom is -0.399 e. The number of benzene rings is 1. The van der Waals surface area contributed by atoms with Crippen LogP contribution in [-0.2, 0) is 14.8 Å². The van der Waals surface area contributed by atoms with E-state index >= 15 is 0 Å². The van der Waals surface area contributed by atoms with Crippen molar-refractivity contribution in [1.82, 2.24) is 0 Å². The molecule has 3 nitrogen and oxygen atoms in total. The number of para-hydroxylation sites is 1. The highest BCUT2D eigenvalue weighted by Crippen LogP contribution is 2.61. The number of epoxide rings is 1. The molecule has 24 heavy (non-hydrogen) atoms. The first-order valence-electron chi connectivity index (χ1n) is 8.29. The number of fused-ring (bicyclic) bond motifs is 1. The van der Waals surface area contributed by atoms with Gasteiger partial charge in [0.2, 0.25) is 0 Å². The van der Waals surface area contributed by atoms with Crippen LogP contribution in [0.1, 0.15) is 12.5 Å². The van der Waals surface area contributed by atoms with Crippen LogP contribution in [0.3, 0.4) is 0 Å². The highest BCUT2D eigenvalue weighted by atomic mass is 28.4. The molecular weight excluding hydrogens is 314 g/mol. The van der Waals surface area contributed by atoms with Crippen LogP contribution in [0.2, 0.25) is 19.6 Å². The van der Waals surface area contributed by atoms with Gasteiger partial charge in [-0.15, -0.1) is 0 Å². The van der Waals surface area contributed by atoms with Crippen LogP contribution in [0, 0.1) is 23.7 Å². The fraction of sp³-hybridized carbons (Fsp3) is 0.400. The quantitative estimate of drug-likeness (QED) is 0.512. The molecular formula is C20H21NO2Si. The van der Waals surface area contributed by atoms with Crippen LogP contribution in [0.5, 0.6) is 0 Å². The third-order valence-corrected chi connectivity index (χ3v) is 5.64. The second kappa shape index (κ2) is 5.01. The largest absolute Gasteiger partial charge is 0.399 e. The van der Waals surface area contributed by atoms with Crippen molar-refractivity contribution in [3.8, 4) is 23.7 Å². The molecule has 2 bridgehead atoms. The van der Waals surface area contributed by atoms with Gasteiger partial charge in [-0.05, 0) is 44.8 Å². The lowest BCUT2D eigenvalue weighted by molar-refractivity contribution is 0.0432. The van der Waals surface area contributed by atoms with Crippen LogP contribution < -0.4 is 5.32 Å². The summed E-state index contributed by atoms with van der Waals surface area (Å²) in [7, 11) is -1.85. The van der Waals surface area contributed by atoms with Crippen LogP contribution >= 0.6 is 0 Å². The summed E-state index contributed by atoms with van der Waals surface area (Å²) in [5.74, 6) is 12.8. The molecule has 1 aliphatic carbocycles. The Bertz CT molecular complexity index is 848. The molecule has 0 spiro atoms. The molecule has 0 amide bonds. The van der Waals surface area contributed by atoms with Crippen molar-refractivity contribution in [2.45, 2.75) is 49.9 Å². The molecule has 1 N–H and O–H groups in total. The first-order valence-corrected chi connectivity index (χ1v) is 11.7. The van der Waals surface area contributed by atoms with E-state index in [0.717, 1.165) is 11.3 Å². The molecule has 1 fully saturated rings. The molecule has 3 aliphatic rings. The van der Waals surface area contributed by atoms with Crippen LogP contribution in [0.25, 0.3) is 0 Å². The molecule has 4 rings (SSSR count). The molecule has 2 heterocycles. The fourth-order valence-electron chi connectivity index (χ4n) is 3.82. The summed E-state index contributed by atoms with van der Waals surface area (Å²) in [4.78, 5) is 0. The second-order valence-corrected chi connectivity index (χ2v) is 12.0. The van der Waals surface area contributed by atoms with Crippen molar-refractivity contribution in [2.75, 3.05) is 5.32 Å². The molecule has 0 unspecified atom stereocenters. The van der Waals surface area contributed by atoms with Gasteiger partial charge < -0.3 is 14.5 Å². The lowest BCUT2D eigenvalue weighted by Crippen LogP contribution is -2.53. The van der Waals surface area contributed by atoms with Gasteiger partial charge in [0.05, 0.1) is 0 Å². The maximum Gasteiger partial charge on any atom is 0.185 e. The molecule has 0 aromatic heterocycles. The molecule has 1 saturated heterocycles. The summed E-state index contributed by atoms with van der Waals surface area (Å²) in [5.41, 5.74) is 0.907. The zero-order valence-corrected chi connectivity index (χ0v) is 15.4. The standard InChI is InChI=1S/C20H21NO2Si/c1-19(23-24(2,3)4)14-10-6-5-7-13-17-18-20(19,22-18)15-11-8-9-12-16(15)21-17/h5-6,8-9,11-12,17-18,21H,1-4H3/b6-5-/t17-,18-,19+,20+/m0/s1. The first-order chi connectivity index (χ1) is 11.4. The van der Waals surface area contributed by atoms with Crippen molar-refractivity contribution in [3.63, 3.8) is 0 Å². The predicted octanol–water partition coefficient (Wildman–Crippen LogP) is 3.26. The van der Waals surface area contributed by atoms with Gasteiger partial charge in [0.25, 0.3) is 0 Å². The molecule has 0 radical (unpaired) electrons. The minimum atomic E-state index is -1.85. The van der Waals surface area contributed by atoms with E-state index < -0.39 is 19.5 Å². The van der Waals surface area contributed by atoms with Crippen molar-refractivity contribution in [1.29, 1.82) is 0 Å². The molecule has 4 atom stereocenters. The number of rotatable bonds is 2. The normalized spacial score (nSPS) is 36.5. The van der Waals surface area contributed by atoms with Gasteiger partial charge in [0.15, 0.2) is 19.5 Å². The molecule has 0 saturated carbocycles. The van der Waals surface area contributed by atoms with Gasteiger partial charge in [-0.1, -0.05) is 41.9 Å². The molecule has 2 aliphatic heterocycles. The minimum absolute atomic E-state index is 0.0537. The van der Waals surface area contributed by atoms with Crippen molar-refractivity contribution in [3.05, 3.63) is 42.0 Å². The maximum atomic E-state index is 6.62. The smallest absolute Gasteiger partial charge is 0.185 e. The topological polar surface area (TPSA) is 33.8 Å². The molecule has 122 valence electrons. The average molecular weight is 335 g/mol. The average Bonchev–Trinajstić information content (AvgIpc) is 3.26. The zero-order chi connectivity index (χ0) is 17.0.